The van der Waals surface area contributed by atoms with Gasteiger partial charge in [-0.2, -0.15) is 0 Å². The second kappa shape index (κ2) is 6.79. The van der Waals surface area contributed by atoms with Gasteiger partial charge in [0, 0.05) is 5.69 Å². The van der Waals surface area contributed by atoms with E-state index >= 15 is 0 Å². The maximum absolute atomic E-state index is 11.9. The average Bonchev–Trinajstić information content (AvgIpc) is 2.40. The lowest BCUT2D eigenvalue weighted by molar-refractivity contribution is -0.148. The minimum atomic E-state index is -0.749. The first kappa shape index (κ1) is 14.2. The van der Waals surface area contributed by atoms with Gasteiger partial charge in [-0.1, -0.05) is 26.0 Å². The Balaban J connectivity index is 2.70. The highest BCUT2D eigenvalue weighted by molar-refractivity contribution is 6.04. The smallest absolute Gasteiger partial charge is 0.318 e. The quantitative estimate of drug-likeness (QED) is 0.644. The van der Waals surface area contributed by atoms with E-state index in [0.29, 0.717) is 12.1 Å². The van der Waals surface area contributed by atoms with Crippen molar-refractivity contribution in [2.45, 2.75) is 26.7 Å². The number of rotatable bonds is 5. The van der Waals surface area contributed by atoms with Gasteiger partial charge in [-0.3, -0.25) is 9.59 Å². The first-order valence-electron chi connectivity index (χ1n) is 6.10. The molecule has 0 saturated heterocycles. The molecule has 98 valence electrons. The minimum Gasteiger partial charge on any atom is -0.468 e. The maximum Gasteiger partial charge on any atom is 0.318 e. The number of aryl methyl sites for hydroxylation is 1. The topological polar surface area (TPSA) is 55.4 Å². The van der Waals surface area contributed by atoms with Crippen molar-refractivity contribution in [3.05, 3.63) is 29.8 Å². The van der Waals surface area contributed by atoms with Crippen LogP contribution in [0.5, 0.6) is 0 Å². The van der Waals surface area contributed by atoms with Crippen molar-refractivity contribution in [1.82, 2.24) is 0 Å². The largest absolute Gasteiger partial charge is 0.468 e. The number of amides is 1. The van der Waals surface area contributed by atoms with Crippen LogP contribution >= 0.6 is 0 Å². The zero-order valence-corrected chi connectivity index (χ0v) is 11.0. The molecule has 1 N–H and O–H groups in total. The SMILES string of the molecule is CCc1ccc(NC(=O)C(CC)C(=O)OC)cc1. The number of anilines is 1. The Labute approximate surface area is 107 Å². The third-order valence-corrected chi connectivity index (χ3v) is 2.84. The average molecular weight is 249 g/mol. The summed E-state index contributed by atoms with van der Waals surface area (Å²) < 4.78 is 4.60. The van der Waals surface area contributed by atoms with Gasteiger partial charge in [-0.15, -0.1) is 0 Å². The van der Waals surface area contributed by atoms with Crippen LogP contribution in [0.15, 0.2) is 24.3 Å². The summed E-state index contributed by atoms with van der Waals surface area (Å²) in [5.74, 6) is -1.57. The summed E-state index contributed by atoms with van der Waals surface area (Å²) in [4.78, 5) is 23.3. The van der Waals surface area contributed by atoms with Crippen molar-refractivity contribution in [2.24, 2.45) is 5.92 Å². The fourth-order valence-corrected chi connectivity index (χ4v) is 1.65. The molecule has 1 unspecified atom stereocenters. The van der Waals surface area contributed by atoms with Crippen molar-refractivity contribution in [1.29, 1.82) is 0 Å². The number of methoxy groups -OCH3 is 1. The highest BCUT2D eigenvalue weighted by Crippen LogP contribution is 2.13. The van der Waals surface area contributed by atoms with Crippen molar-refractivity contribution < 1.29 is 14.3 Å². The predicted molar refractivity (Wildman–Crippen MR) is 70.2 cm³/mol. The zero-order chi connectivity index (χ0) is 13.5. The van der Waals surface area contributed by atoms with E-state index in [1.54, 1.807) is 6.92 Å². The first-order chi connectivity index (χ1) is 8.62. The van der Waals surface area contributed by atoms with Gasteiger partial charge in [0.15, 0.2) is 0 Å². The van der Waals surface area contributed by atoms with Crippen molar-refractivity contribution in [3.8, 4) is 0 Å². The second-order valence-corrected chi connectivity index (χ2v) is 4.02. The van der Waals surface area contributed by atoms with Crippen molar-refractivity contribution in [3.63, 3.8) is 0 Å². The van der Waals surface area contributed by atoms with Crippen LogP contribution in [-0.4, -0.2) is 19.0 Å². The van der Waals surface area contributed by atoms with Crippen LogP contribution in [0.1, 0.15) is 25.8 Å². The van der Waals surface area contributed by atoms with E-state index in [2.05, 4.69) is 17.0 Å². The number of carbonyl (C=O) groups excluding carboxylic acids is 2. The van der Waals surface area contributed by atoms with E-state index in [-0.39, 0.29) is 5.91 Å². The van der Waals surface area contributed by atoms with E-state index in [9.17, 15) is 9.59 Å². The van der Waals surface area contributed by atoms with E-state index in [4.69, 9.17) is 0 Å². The molecule has 0 spiro atoms. The summed E-state index contributed by atoms with van der Waals surface area (Å²) in [5, 5.41) is 2.72. The van der Waals surface area contributed by atoms with Crippen LogP contribution in [-0.2, 0) is 20.7 Å². The summed E-state index contributed by atoms with van der Waals surface area (Å²) in [5.41, 5.74) is 1.90. The van der Waals surface area contributed by atoms with Crippen molar-refractivity contribution >= 4 is 17.6 Å². The normalized spacial score (nSPS) is 11.7. The molecule has 0 radical (unpaired) electrons. The molecular weight excluding hydrogens is 230 g/mol. The van der Waals surface area contributed by atoms with Crippen LogP contribution in [0.3, 0.4) is 0 Å². The summed E-state index contributed by atoms with van der Waals surface area (Å²) in [6.45, 7) is 3.85. The molecule has 18 heavy (non-hydrogen) atoms. The number of carbonyl (C=O) groups is 2. The number of benzene rings is 1. The summed E-state index contributed by atoms with van der Waals surface area (Å²) in [7, 11) is 1.29. The van der Waals surface area contributed by atoms with Gasteiger partial charge in [0.25, 0.3) is 0 Å². The lowest BCUT2D eigenvalue weighted by Gasteiger charge is -2.12. The minimum absolute atomic E-state index is 0.325. The monoisotopic (exact) mass is 249 g/mol. The van der Waals surface area contributed by atoms with E-state index in [0.717, 1.165) is 6.42 Å². The Hall–Kier alpha value is -1.84. The molecule has 4 heteroatoms. The molecular formula is C14H19NO3. The van der Waals surface area contributed by atoms with Crippen LogP contribution in [0.25, 0.3) is 0 Å². The molecule has 0 aliphatic heterocycles. The highest BCUT2D eigenvalue weighted by atomic mass is 16.5. The summed E-state index contributed by atoms with van der Waals surface area (Å²) in [6.07, 6.45) is 1.37. The number of nitrogens with one attached hydrogen (secondary N) is 1. The van der Waals surface area contributed by atoms with Gasteiger partial charge in [0.05, 0.1) is 7.11 Å². The van der Waals surface area contributed by atoms with Gasteiger partial charge >= 0.3 is 5.97 Å². The molecule has 0 heterocycles. The van der Waals surface area contributed by atoms with E-state index < -0.39 is 11.9 Å². The molecule has 0 aliphatic carbocycles. The van der Waals surface area contributed by atoms with Gasteiger partial charge in [-0.05, 0) is 30.5 Å². The highest BCUT2D eigenvalue weighted by Gasteiger charge is 2.25. The standard InChI is InChI=1S/C14H19NO3/c1-4-10-6-8-11(9-7-10)15-13(16)12(5-2)14(17)18-3/h6-9,12H,4-5H2,1-3H3,(H,15,16). The summed E-state index contributed by atoms with van der Waals surface area (Å²) >= 11 is 0. The predicted octanol–water partition coefficient (Wildman–Crippen LogP) is 2.39. The van der Waals surface area contributed by atoms with Gasteiger partial charge in [0.2, 0.25) is 5.91 Å². The third-order valence-electron chi connectivity index (χ3n) is 2.84. The first-order valence-corrected chi connectivity index (χ1v) is 6.10. The van der Waals surface area contributed by atoms with Crippen LogP contribution in [0.4, 0.5) is 5.69 Å². The number of hydrogen-bond donors (Lipinski definition) is 1. The molecule has 4 nitrogen and oxygen atoms in total. The molecule has 0 fully saturated rings. The third kappa shape index (κ3) is 3.58. The number of ether oxygens (including phenoxy) is 1. The number of hydrogen-bond acceptors (Lipinski definition) is 3. The molecule has 0 bridgehead atoms. The van der Waals surface area contributed by atoms with Crippen molar-refractivity contribution in [2.75, 3.05) is 12.4 Å². The van der Waals surface area contributed by atoms with Gasteiger partial charge < -0.3 is 10.1 Å². The Morgan fingerprint density at radius 3 is 2.28 bits per heavy atom. The lowest BCUT2D eigenvalue weighted by atomic mass is 10.1. The molecule has 1 aromatic rings. The molecule has 0 aromatic heterocycles. The Morgan fingerprint density at radius 1 is 1.22 bits per heavy atom. The zero-order valence-electron chi connectivity index (χ0n) is 11.0. The Morgan fingerprint density at radius 2 is 1.83 bits per heavy atom. The fourth-order valence-electron chi connectivity index (χ4n) is 1.65. The van der Waals surface area contributed by atoms with Gasteiger partial charge in [0.1, 0.15) is 5.92 Å². The van der Waals surface area contributed by atoms with E-state index in [1.807, 2.05) is 24.3 Å². The Kier molecular flexibility index (Phi) is 5.36. The second-order valence-electron chi connectivity index (χ2n) is 4.02. The molecule has 0 saturated carbocycles. The maximum atomic E-state index is 11.9. The Bertz CT molecular complexity index is 412. The molecule has 1 amide bonds. The van der Waals surface area contributed by atoms with Gasteiger partial charge in [-0.25, -0.2) is 0 Å². The molecule has 0 aliphatic rings. The lowest BCUT2D eigenvalue weighted by Crippen LogP contribution is -2.30. The number of esters is 1. The van der Waals surface area contributed by atoms with Crippen LogP contribution < -0.4 is 5.32 Å². The van der Waals surface area contributed by atoms with Crippen LogP contribution in [0.2, 0.25) is 0 Å². The molecule has 1 atom stereocenters. The summed E-state index contributed by atoms with van der Waals surface area (Å²) in [6, 6.07) is 7.57. The molecule has 1 rings (SSSR count). The van der Waals surface area contributed by atoms with Crippen LogP contribution in [0, 0.1) is 5.92 Å². The van der Waals surface area contributed by atoms with E-state index in [1.165, 1.54) is 12.7 Å². The molecule has 1 aromatic carbocycles. The fraction of sp³-hybridized carbons (Fsp3) is 0.429.